The van der Waals surface area contributed by atoms with Crippen molar-refractivity contribution in [2.75, 3.05) is 6.61 Å². The lowest BCUT2D eigenvalue weighted by Crippen LogP contribution is -2.61. The predicted molar refractivity (Wildman–Crippen MR) is 45.3 cm³/mol. The number of aliphatic hydroxyl groups is 4. The van der Waals surface area contributed by atoms with Gasteiger partial charge in [0.25, 0.3) is 10.1 Å². The average Bonchev–Trinajstić information content (AvgIpc) is 2.09. The Hall–Kier alpha value is -0.290. The Morgan fingerprint density at radius 2 is 1.67 bits per heavy atom. The van der Waals surface area contributed by atoms with Crippen LogP contribution in [0.15, 0.2) is 0 Å². The normalized spacial score (nSPS) is 42.9. The van der Waals surface area contributed by atoms with Gasteiger partial charge in [0.2, 0.25) is 0 Å². The maximum atomic E-state index is 10.8. The van der Waals surface area contributed by atoms with Gasteiger partial charge in [0.15, 0.2) is 6.29 Å². The van der Waals surface area contributed by atoms with Gasteiger partial charge in [-0.2, -0.15) is 8.42 Å². The van der Waals surface area contributed by atoms with Gasteiger partial charge in [-0.3, -0.25) is 4.55 Å². The molecule has 1 fully saturated rings. The van der Waals surface area contributed by atoms with Crippen LogP contribution < -0.4 is 0 Å². The van der Waals surface area contributed by atoms with Gasteiger partial charge in [0, 0.05) is 0 Å². The Balaban J connectivity index is 3.00. The van der Waals surface area contributed by atoms with Crippen molar-refractivity contribution in [3.8, 4) is 0 Å². The molecule has 5 atom stereocenters. The third-order valence-corrected chi connectivity index (χ3v) is 3.43. The summed E-state index contributed by atoms with van der Waals surface area (Å²) in [6.07, 6.45) is -7.06. The Morgan fingerprint density at radius 1 is 1.13 bits per heavy atom. The summed E-state index contributed by atoms with van der Waals surface area (Å²) in [5.74, 6) is 0. The van der Waals surface area contributed by atoms with Crippen molar-refractivity contribution in [2.45, 2.75) is 29.9 Å². The quantitative estimate of drug-likeness (QED) is 0.317. The van der Waals surface area contributed by atoms with E-state index in [1.54, 1.807) is 0 Å². The van der Waals surface area contributed by atoms with E-state index in [4.69, 9.17) is 14.8 Å². The lowest BCUT2D eigenvalue weighted by molar-refractivity contribution is -0.249. The first-order chi connectivity index (χ1) is 6.79. The van der Waals surface area contributed by atoms with E-state index in [2.05, 4.69) is 4.74 Å². The minimum absolute atomic E-state index is 0.753. The third-order valence-electron chi connectivity index (χ3n) is 2.18. The molecule has 90 valence electrons. The first-order valence-corrected chi connectivity index (χ1v) is 5.56. The van der Waals surface area contributed by atoms with Gasteiger partial charge < -0.3 is 25.2 Å². The summed E-state index contributed by atoms with van der Waals surface area (Å²) in [5.41, 5.74) is 0. The molecule has 0 aliphatic carbocycles. The van der Waals surface area contributed by atoms with E-state index >= 15 is 0 Å². The molecule has 0 saturated carbocycles. The highest BCUT2D eigenvalue weighted by Gasteiger charge is 2.49. The third kappa shape index (κ3) is 2.45. The Kier molecular flexibility index (Phi) is 3.66. The summed E-state index contributed by atoms with van der Waals surface area (Å²) in [7, 11) is -4.75. The van der Waals surface area contributed by atoms with E-state index in [0.29, 0.717) is 0 Å². The molecule has 0 aromatic heterocycles. The summed E-state index contributed by atoms with van der Waals surface area (Å²) in [6.45, 7) is -0.753. The molecule has 1 rings (SSSR count). The van der Waals surface area contributed by atoms with Crippen LogP contribution in [0.5, 0.6) is 0 Å². The molecule has 1 aliphatic heterocycles. The van der Waals surface area contributed by atoms with Crippen LogP contribution in [-0.2, 0) is 14.9 Å². The van der Waals surface area contributed by atoms with Crippen LogP contribution in [0.4, 0.5) is 0 Å². The summed E-state index contributed by atoms with van der Waals surface area (Å²) >= 11 is 0. The second-order valence-corrected chi connectivity index (χ2v) is 4.78. The highest BCUT2D eigenvalue weighted by molar-refractivity contribution is 7.86. The maximum Gasteiger partial charge on any atom is 0.273 e. The van der Waals surface area contributed by atoms with Gasteiger partial charge in [-0.1, -0.05) is 0 Å². The minimum atomic E-state index is -4.75. The van der Waals surface area contributed by atoms with Gasteiger partial charge in [-0.05, 0) is 0 Å². The first kappa shape index (κ1) is 12.8. The number of hydrogen-bond donors (Lipinski definition) is 5. The van der Waals surface area contributed by atoms with Gasteiger partial charge in [-0.25, -0.2) is 0 Å². The van der Waals surface area contributed by atoms with Crippen LogP contribution >= 0.6 is 0 Å². The molecule has 0 aromatic rings. The maximum absolute atomic E-state index is 10.8. The largest absolute Gasteiger partial charge is 0.394 e. The summed E-state index contributed by atoms with van der Waals surface area (Å²) in [6, 6.07) is 0. The molecule has 0 radical (unpaired) electrons. The van der Waals surface area contributed by atoms with Crippen LogP contribution in [-0.4, -0.2) is 69.9 Å². The average molecular weight is 244 g/mol. The topological polar surface area (TPSA) is 145 Å². The van der Waals surface area contributed by atoms with Crippen LogP contribution in [0, 0.1) is 0 Å². The van der Waals surface area contributed by atoms with Crippen molar-refractivity contribution in [3.63, 3.8) is 0 Å². The minimum Gasteiger partial charge on any atom is -0.394 e. The molecule has 0 spiro atoms. The molecule has 5 N–H and O–H groups in total. The zero-order valence-corrected chi connectivity index (χ0v) is 8.28. The van der Waals surface area contributed by atoms with E-state index in [1.807, 2.05) is 0 Å². The Labute approximate surface area is 85.5 Å². The standard InChI is InChI=1S/C6H12O8S/c7-1-2-3(8)5(15(11,12)13)4(9)6(10)14-2/h2-10H,1H2,(H,11,12,13)/t2-,3+,4-,5+,6-/m1/s1. The van der Waals surface area contributed by atoms with E-state index in [1.165, 1.54) is 0 Å². The predicted octanol–water partition coefficient (Wildman–Crippen LogP) is -3.33. The molecule has 8 nitrogen and oxygen atoms in total. The van der Waals surface area contributed by atoms with Crippen LogP contribution in [0.25, 0.3) is 0 Å². The van der Waals surface area contributed by atoms with Crippen LogP contribution in [0.3, 0.4) is 0 Å². The Bertz CT molecular complexity index is 313. The molecule has 0 amide bonds. The van der Waals surface area contributed by atoms with Crippen LogP contribution in [0.2, 0.25) is 0 Å². The fourth-order valence-corrected chi connectivity index (χ4v) is 2.43. The molecule has 0 aromatic carbocycles. The van der Waals surface area contributed by atoms with E-state index in [9.17, 15) is 18.6 Å². The smallest absolute Gasteiger partial charge is 0.273 e. The second-order valence-electron chi connectivity index (χ2n) is 3.21. The molecule has 1 heterocycles. The van der Waals surface area contributed by atoms with E-state index in [-0.39, 0.29) is 0 Å². The highest BCUT2D eigenvalue weighted by atomic mass is 32.2. The van der Waals surface area contributed by atoms with E-state index < -0.39 is 46.6 Å². The fourth-order valence-electron chi connectivity index (χ4n) is 1.42. The number of rotatable bonds is 2. The van der Waals surface area contributed by atoms with Gasteiger partial charge >= 0.3 is 0 Å². The number of aliphatic hydroxyl groups excluding tert-OH is 4. The van der Waals surface area contributed by atoms with Crippen molar-refractivity contribution >= 4 is 10.1 Å². The zero-order chi connectivity index (χ0) is 11.8. The highest BCUT2D eigenvalue weighted by Crippen LogP contribution is 2.24. The number of hydrogen-bond acceptors (Lipinski definition) is 7. The van der Waals surface area contributed by atoms with Crippen molar-refractivity contribution in [3.05, 3.63) is 0 Å². The molecular formula is C6H12O8S. The molecule has 0 unspecified atom stereocenters. The Morgan fingerprint density at radius 3 is 2.07 bits per heavy atom. The van der Waals surface area contributed by atoms with Crippen molar-refractivity contribution < 1.29 is 38.1 Å². The zero-order valence-electron chi connectivity index (χ0n) is 7.46. The van der Waals surface area contributed by atoms with Crippen molar-refractivity contribution in [2.24, 2.45) is 0 Å². The molecular weight excluding hydrogens is 232 g/mol. The number of ether oxygens (including phenoxy) is 1. The molecule has 1 saturated heterocycles. The monoisotopic (exact) mass is 244 g/mol. The first-order valence-electron chi connectivity index (χ1n) is 4.06. The van der Waals surface area contributed by atoms with E-state index in [0.717, 1.165) is 0 Å². The molecule has 0 bridgehead atoms. The SMILES string of the molecule is O=S(=O)(O)[C@@H]1[C@@H](O)[C@H](O)O[C@H](CO)[C@@H]1O. The second kappa shape index (κ2) is 4.29. The molecule has 9 heteroatoms. The summed E-state index contributed by atoms with van der Waals surface area (Å²) in [4.78, 5) is 0. The van der Waals surface area contributed by atoms with Crippen molar-refractivity contribution in [1.29, 1.82) is 0 Å². The molecule has 15 heavy (non-hydrogen) atoms. The van der Waals surface area contributed by atoms with Gasteiger partial charge in [0.1, 0.15) is 23.6 Å². The van der Waals surface area contributed by atoms with Gasteiger partial charge in [-0.15, -0.1) is 0 Å². The molecule has 1 aliphatic rings. The lowest BCUT2D eigenvalue weighted by atomic mass is 10.0. The van der Waals surface area contributed by atoms with Crippen LogP contribution in [0.1, 0.15) is 0 Å². The van der Waals surface area contributed by atoms with Crippen molar-refractivity contribution in [1.82, 2.24) is 0 Å². The fraction of sp³-hybridized carbons (Fsp3) is 1.00. The summed E-state index contributed by atoms with van der Waals surface area (Å²) in [5, 5.41) is 34.3. The van der Waals surface area contributed by atoms with Gasteiger partial charge in [0.05, 0.1) is 6.61 Å². The summed E-state index contributed by atoms with van der Waals surface area (Å²) < 4.78 is 34.8. The lowest BCUT2D eigenvalue weighted by Gasteiger charge is -2.38.